The first-order valence-corrected chi connectivity index (χ1v) is 18.3. The van der Waals surface area contributed by atoms with E-state index in [-0.39, 0.29) is 5.41 Å². The zero-order valence-corrected chi connectivity index (χ0v) is 29.8. The monoisotopic (exact) mass is 679 g/mol. The number of hydrogen-bond donors (Lipinski definition) is 0. The van der Waals surface area contributed by atoms with Crippen molar-refractivity contribution in [3.8, 4) is 44.5 Å². The lowest BCUT2D eigenvalue weighted by atomic mass is 9.82. The third-order valence-corrected chi connectivity index (χ3v) is 11.1. The molecule has 0 spiro atoms. The molecule has 0 aliphatic heterocycles. The van der Waals surface area contributed by atoms with E-state index >= 15 is 0 Å². The van der Waals surface area contributed by atoms with Crippen molar-refractivity contribution < 1.29 is 4.42 Å². The number of fused-ring (bicyclic) bond motifs is 6. The fraction of sp³-hybridized carbons (Fsp3) is 0.0588. The van der Waals surface area contributed by atoms with Crippen molar-refractivity contribution in [1.82, 2.24) is 0 Å². The van der Waals surface area contributed by atoms with Gasteiger partial charge in [-0.3, -0.25) is 0 Å². The van der Waals surface area contributed by atoms with E-state index < -0.39 is 0 Å². The van der Waals surface area contributed by atoms with Gasteiger partial charge in [-0.25, -0.2) is 0 Å². The molecule has 8 aromatic carbocycles. The second-order valence-corrected chi connectivity index (χ2v) is 14.5. The first-order valence-electron chi connectivity index (χ1n) is 18.3. The summed E-state index contributed by atoms with van der Waals surface area (Å²) in [6.45, 7) is 4.70. The summed E-state index contributed by atoms with van der Waals surface area (Å²) >= 11 is 0. The van der Waals surface area contributed by atoms with Gasteiger partial charge in [-0.15, -0.1) is 0 Å². The Hall–Kier alpha value is -6.64. The summed E-state index contributed by atoms with van der Waals surface area (Å²) in [5.41, 5.74) is 17.2. The average molecular weight is 680 g/mol. The van der Waals surface area contributed by atoms with Crippen molar-refractivity contribution in [3.63, 3.8) is 0 Å². The minimum absolute atomic E-state index is 0.134. The van der Waals surface area contributed by atoms with E-state index in [1.165, 1.54) is 38.9 Å². The lowest BCUT2D eigenvalue weighted by molar-refractivity contribution is 0.660. The smallest absolute Gasteiger partial charge is 0.145 e. The van der Waals surface area contributed by atoms with Crippen LogP contribution in [0.3, 0.4) is 0 Å². The van der Waals surface area contributed by atoms with Crippen LogP contribution < -0.4 is 4.90 Å². The molecular weight excluding hydrogens is 643 g/mol. The van der Waals surface area contributed by atoms with Crippen LogP contribution in [0, 0.1) is 0 Å². The zero-order chi connectivity index (χ0) is 35.5. The van der Waals surface area contributed by atoms with Gasteiger partial charge < -0.3 is 9.32 Å². The van der Waals surface area contributed by atoms with Crippen molar-refractivity contribution in [2.75, 3.05) is 4.90 Å². The summed E-state index contributed by atoms with van der Waals surface area (Å²) in [6.07, 6.45) is 0. The molecule has 2 heteroatoms. The van der Waals surface area contributed by atoms with E-state index in [9.17, 15) is 0 Å². The molecular formula is C51H37NO. The van der Waals surface area contributed by atoms with Gasteiger partial charge in [0, 0.05) is 27.7 Å². The van der Waals surface area contributed by atoms with Gasteiger partial charge in [0.25, 0.3) is 0 Å². The Kier molecular flexibility index (Phi) is 7.19. The molecule has 9 aromatic rings. The molecule has 0 radical (unpaired) electrons. The van der Waals surface area contributed by atoms with Crippen LogP contribution in [0.4, 0.5) is 17.1 Å². The van der Waals surface area contributed by atoms with Crippen LogP contribution in [-0.4, -0.2) is 0 Å². The number of rotatable bonds is 6. The minimum atomic E-state index is -0.134. The number of para-hydroxylation sites is 1. The summed E-state index contributed by atoms with van der Waals surface area (Å²) in [6, 6.07) is 67.8. The molecule has 0 N–H and O–H groups in total. The normalized spacial score (nSPS) is 12.9. The second kappa shape index (κ2) is 12.3. The highest BCUT2D eigenvalue weighted by Gasteiger charge is 2.36. The van der Waals surface area contributed by atoms with Crippen molar-refractivity contribution in [2.45, 2.75) is 19.3 Å². The third kappa shape index (κ3) is 5.10. The Morgan fingerprint density at radius 1 is 0.415 bits per heavy atom. The molecule has 53 heavy (non-hydrogen) atoms. The molecule has 2 nitrogen and oxygen atoms in total. The predicted octanol–water partition coefficient (Wildman–Crippen LogP) is 14.4. The summed E-state index contributed by atoms with van der Waals surface area (Å²) in [4.78, 5) is 2.43. The molecule has 252 valence electrons. The van der Waals surface area contributed by atoms with Crippen LogP contribution in [0.5, 0.6) is 0 Å². The highest BCUT2D eigenvalue weighted by molar-refractivity contribution is 6.17. The van der Waals surface area contributed by atoms with Gasteiger partial charge in [0.1, 0.15) is 11.2 Å². The van der Waals surface area contributed by atoms with Gasteiger partial charge in [0.15, 0.2) is 0 Å². The standard InChI is InChI=1S/C51H37NO/c1-51(2)45-22-11-9-20-42(45)43-29-28-40(33-46(43)51)52(39-19-13-18-38(32-39)36-26-24-35(25-27-36)34-14-5-3-6-15-34)47-31-30-41(37-16-7-4-8-17-37)50-49(47)44-21-10-12-23-48(44)53-50/h3-33H,1-2H3. The van der Waals surface area contributed by atoms with Crippen LogP contribution in [-0.2, 0) is 5.41 Å². The Morgan fingerprint density at radius 3 is 1.79 bits per heavy atom. The maximum atomic E-state index is 6.76. The van der Waals surface area contributed by atoms with E-state index in [0.29, 0.717) is 0 Å². The van der Waals surface area contributed by atoms with Gasteiger partial charge in [-0.2, -0.15) is 0 Å². The largest absolute Gasteiger partial charge is 0.455 e. The molecule has 0 unspecified atom stereocenters. The first-order chi connectivity index (χ1) is 26.0. The number of benzene rings is 8. The summed E-state index contributed by atoms with van der Waals surface area (Å²) in [5.74, 6) is 0. The minimum Gasteiger partial charge on any atom is -0.455 e. The number of anilines is 3. The van der Waals surface area contributed by atoms with Crippen molar-refractivity contribution in [3.05, 3.63) is 199 Å². The van der Waals surface area contributed by atoms with Crippen molar-refractivity contribution in [1.29, 1.82) is 0 Å². The maximum Gasteiger partial charge on any atom is 0.145 e. The van der Waals surface area contributed by atoms with Crippen molar-refractivity contribution in [2.24, 2.45) is 0 Å². The van der Waals surface area contributed by atoms with Crippen LogP contribution >= 0.6 is 0 Å². The molecule has 0 fully saturated rings. The SMILES string of the molecule is CC1(C)c2ccccc2-c2ccc(N(c3cccc(-c4ccc(-c5ccccc5)cc4)c3)c3ccc(-c4ccccc4)c4oc5ccccc5c34)cc21. The zero-order valence-electron chi connectivity index (χ0n) is 29.8. The topological polar surface area (TPSA) is 16.4 Å². The molecule has 0 amide bonds. The highest BCUT2D eigenvalue weighted by atomic mass is 16.3. The molecule has 1 heterocycles. The summed E-state index contributed by atoms with van der Waals surface area (Å²) in [5, 5.41) is 2.20. The number of hydrogen-bond acceptors (Lipinski definition) is 2. The molecule has 0 atom stereocenters. The summed E-state index contributed by atoms with van der Waals surface area (Å²) < 4.78 is 6.76. The van der Waals surface area contributed by atoms with Crippen LogP contribution in [0.2, 0.25) is 0 Å². The van der Waals surface area contributed by atoms with Crippen LogP contribution in [0.1, 0.15) is 25.0 Å². The lowest BCUT2D eigenvalue weighted by Crippen LogP contribution is -2.16. The quantitative estimate of drug-likeness (QED) is 0.174. The Morgan fingerprint density at radius 2 is 1.00 bits per heavy atom. The van der Waals surface area contributed by atoms with Gasteiger partial charge in [0.05, 0.1) is 11.1 Å². The van der Waals surface area contributed by atoms with E-state index in [2.05, 4.69) is 207 Å². The number of nitrogens with zero attached hydrogens (tertiary/aromatic N) is 1. The average Bonchev–Trinajstić information content (AvgIpc) is 3.72. The van der Waals surface area contributed by atoms with E-state index in [4.69, 9.17) is 4.42 Å². The molecule has 0 bridgehead atoms. The van der Waals surface area contributed by atoms with E-state index in [1.807, 2.05) is 0 Å². The van der Waals surface area contributed by atoms with Crippen LogP contribution in [0.15, 0.2) is 192 Å². The second-order valence-electron chi connectivity index (χ2n) is 14.5. The Labute approximate surface area is 310 Å². The fourth-order valence-corrected chi connectivity index (χ4v) is 8.41. The maximum absolute atomic E-state index is 6.76. The van der Waals surface area contributed by atoms with Gasteiger partial charge >= 0.3 is 0 Å². The molecule has 0 saturated carbocycles. The Bertz CT molecular complexity index is 2790. The molecule has 0 saturated heterocycles. The van der Waals surface area contributed by atoms with Crippen molar-refractivity contribution >= 4 is 39.0 Å². The fourth-order valence-electron chi connectivity index (χ4n) is 8.41. The molecule has 1 aliphatic carbocycles. The van der Waals surface area contributed by atoms with Gasteiger partial charge in [-0.1, -0.05) is 159 Å². The van der Waals surface area contributed by atoms with Gasteiger partial charge in [-0.05, 0) is 92.5 Å². The van der Waals surface area contributed by atoms with Crippen LogP contribution in [0.25, 0.3) is 66.4 Å². The van der Waals surface area contributed by atoms with E-state index in [0.717, 1.165) is 55.7 Å². The number of furan rings is 1. The molecule has 10 rings (SSSR count). The molecule has 1 aromatic heterocycles. The third-order valence-electron chi connectivity index (χ3n) is 11.1. The first kappa shape index (κ1) is 31.1. The predicted molar refractivity (Wildman–Crippen MR) is 222 cm³/mol. The molecule has 1 aliphatic rings. The Balaban J connectivity index is 1.19. The lowest BCUT2D eigenvalue weighted by Gasteiger charge is -2.29. The van der Waals surface area contributed by atoms with E-state index in [1.54, 1.807) is 0 Å². The summed E-state index contributed by atoms with van der Waals surface area (Å²) in [7, 11) is 0. The highest BCUT2D eigenvalue weighted by Crippen LogP contribution is 2.52. The van der Waals surface area contributed by atoms with Gasteiger partial charge in [0.2, 0.25) is 0 Å².